The largest absolute Gasteiger partial charge is 0.489 e. The molecule has 170 valence electrons. The molecule has 0 bridgehead atoms. The predicted molar refractivity (Wildman–Crippen MR) is 122 cm³/mol. The summed E-state index contributed by atoms with van der Waals surface area (Å²) in [6.45, 7) is 1.13. The summed E-state index contributed by atoms with van der Waals surface area (Å²) in [7, 11) is 0. The standard InChI is InChI=1S/C23H21N3O6S/c27-21(24-11-3-4-12-24)14-25-22(28)20(33-23(25)29)13-16-7-9-18(10-8-16)32-15-17-5-1-2-6-19(17)26(30)31/h1-2,5-10,13H,3-4,11-12,14-15H2/b20-13-. The van der Waals surface area contributed by atoms with Gasteiger partial charge in [-0.2, -0.15) is 0 Å². The van der Waals surface area contributed by atoms with Crippen molar-refractivity contribution in [3.8, 4) is 5.75 Å². The number of carbonyl (C=O) groups excluding carboxylic acids is 3. The molecule has 4 rings (SSSR count). The Bertz CT molecular complexity index is 1130. The van der Waals surface area contributed by atoms with Crippen LogP contribution in [0, 0.1) is 10.1 Å². The Morgan fingerprint density at radius 2 is 1.79 bits per heavy atom. The number of para-hydroxylation sites is 1. The molecule has 3 amide bonds. The molecule has 2 saturated heterocycles. The van der Waals surface area contributed by atoms with Crippen molar-refractivity contribution < 1.29 is 24.0 Å². The van der Waals surface area contributed by atoms with Crippen LogP contribution in [0.2, 0.25) is 0 Å². The first kappa shape index (κ1) is 22.5. The minimum absolute atomic E-state index is 0.00643. The van der Waals surface area contributed by atoms with Crippen molar-refractivity contribution >= 4 is 40.6 Å². The van der Waals surface area contributed by atoms with Gasteiger partial charge in [-0.05, 0) is 54.4 Å². The highest BCUT2D eigenvalue weighted by Gasteiger charge is 2.37. The second-order valence-electron chi connectivity index (χ2n) is 7.60. The van der Waals surface area contributed by atoms with Gasteiger partial charge >= 0.3 is 0 Å². The third-order valence-corrected chi connectivity index (χ3v) is 6.29. The lowest BCUT2D eigenvalue weighted by Gasteiger charge is -2.18. The molecule has 0 spiro atoms. The number of nitro benzene ring substituents is 1. The molecule has 2 aliphatic heterocycles. The van der Waals surface area contributed by atoms with Gasteiger partial charge in [0.1, 0.15) is 18.9 Å². The number of hydrogen-bond acceptors (Lipinski definition) is 7. The van der Waals surface area contributed by atoms with Crippen molar-refractivity contribution in [1.82, 2.24) is 9.80 Å². The van der Waals surface area contributed by atoms with Gasteiger partial charge in [-0.1, -0.05) is 24.3 Å². The van der Waals surface area contributed by atoms with Crippen LogP contribution < -0.4 is 4.74 Å². The number of rotatable bonds is 7. The molecular weight excluding hydrogens is 446 g/mol. The summed E-state index contributed by atoms with van der Waals surface area (Å²) in [6.07, 6.45) is 3.47. The zero-order valence-corrected chi connectivity index (χ0v) is 18.5. The summed E-state index contributed by atoms with van der Waals surface area (Å²) >= 11 is 0.810. The molecule has 9 nitrogen and oxygen atoms in total. The lowest BCUT2D eigenvalue weighted by molar-refractivity contribution is -0.385. The van der Waals surface area contributed by atoms with Crippen LogP contribution in [0.3, 0.4) is 0 Å². The first-order chi connectivity index (χ1) is 15.9. The van der Waals surface area contributed by atoms with E-state index in [1.165, 1.54) is 6.07 Å². The van der Waals surface area contributed by atoms with E-state index in [1.807, 2.05) is 0 Å². The van der Waals surface area contributed by atoms with E-state index in [9.17, 15) is 24.5 Å². The molecule has 0 saturated carbocycles. The highest BCUT2D eigenvalue weighted by Crippen LogP contribution is 2.32. The van der Waals surface area contributed by atoms with Gasteiger partial charge in [0.15, 0.2) is 0 Å². The Hall–Kier alpha value is -3.66. The topological polar surface area (TPSA) is 110 Å². The molecule has 0 aliphatic carbocycles. The Morgan fingerprint density at radius 1 is 1.09 bits per heavy atom. The number of amides is 3. The fraction of sp³-hybridized carbons (Fsp3) is 0.261. The molecule has 2 fully saturated rings. The van der Waals surface area contributed by atoms with E-state index in [0.29, 0.717) is 30.0 Å². The molecule has 2 aromatic carbocycles. The number of thioether (sulfide) groups is 1. The summed E-state index contributed by atoms with van der Waals surface area (Å²) in [5, 5.41) is 10.7. The van der Waals surface area contributed by atoms with E-state index < -0.39 is 16.1 Å². The van der Waals surface area contributed by atoms with E-state index >= 15 is 0 Å². The minimum Gasteiger partial charge on any atom is -0.489 e. The predicted octanol–water partition coefficient (Wildman–Crippen LogP) is 3.83. The fourth-order valence-corrected chi connectivity index (χ4v) is 4.46. The zero-order valence-electron chi connectivity index (χ0n) is 17.6. The van der Waals surface area contributed by atoms with Crippen molar-refractivity contribution in [2.24, 2.45) is 0 Å². The maximum atomic E-state index is 12.6. The average Bonchev–Trinajstić information content (AvgIpc) is 3.44. The second kappa shape index (κ2) is 9.86. The SMILES string of the molecule is O=C(CN1C(=O)S/C(=C\c2ccc(OCc3ccccc3[N+](=O)[O-])cc2)C1=O)N1CCCC1. The summed E-state index contributed by atoms with van der Waals surface area (Å²) in [6, 6.07) is 13.2. The van der Waals surface area contributed by atoms with Crippen LogP contribution in [-0.2, 0) is 16.2 Å². The number of nitrogens with zero attached hydrogens (tertiary/aromatic N) is 3. The summed E-state index contributed by atoms with van der Waals surface area (Å²) in [5.74, 6) is -0.180. The molecule has 0 radical (unpaired) electrons. The molecule has 0 unspecified atom stereocenters. The van der Waals surface area contributed by atoms with E-state index in [-0.39, 0.29) is 29.7 Å². The van der Waals surface area contributed by atoms with Crippen LogP contribution >= 0.6 is 11.8 Å². The normalized spacial score (nSPS) is 17.2. The van der Waals surface area contributed by atoms with Gasteiger partial charge in [-0.3, -0.25) is 29.4 Å². The van der Waals surface area contributed by atoms with Gasteiger partial charge in [-0.15, -0.1) is 0 Å². The number of imide groups is 1. The van der Waals surface area contributed by atoms with Gasteiger partial charge in [0.05, 0.1) is 15.4 Å². The van der Waals surface area contributed by atoms with Crippen LogP contribution in [0.1, 0.15) is 24.0 Å². The van der Waals surface area contributed by atoms with Crippen LogP contribution in [0.5, 0.6) is 5.75 Å². The van der Waals surface area contributed by atoms with Crippen molar-refractivity contribution in [1.29, 1.82) is 0 Å². The second-order valence-corrected chi connectivity index (χ2v) is 8.59. The number of benzene rings is 2. The van der Waals surface area contributed by atoms with Gasteiger partial charge in [0, 0.05) is 19.2 Å². The highest BCUT2D eigenvalue weighted by molar-refractivity contribution is 8.18. The average molecular weight is 468 g/mol. The summed E-state index contributed by atoms with van der Waals surface area (Å²) in [5.41, 5.74) is 1.14. The van der Waals surface area contributed by atoms with Crippen molar-refractivity contribution in [3.05, 3.63) is 74.7 Å². The molecule has 2 heterocycles. The third-order valence-electron chi connectivity index (χ3n) is 5.39. The summed E-state index contributed by atoms with van der Waals surface area (Å²) < 4.78 is 5.65. The van der Waals surface area contributed by atoms with Crippen LogP contribution in [0.25, 0.3) is 6.08 Å². The minimum atomic E-state index is -0.478. The number of ether oxygens (including phenoxy) is 1. The lowest BCUT2D eigenvalue weighted by atomic mass is 10.2. The van der Waals surface area contributed by atoms with Crippen LogP contribution in [0.15, 0.2) is 53.4 Å². The van der Waals surface area contributed by atoms with Crippen molar-refractivity contribution in [2.45, 2.75) is 19.4 Å². The Labute approximate surface area is 194 Å². The quantitative estimate of drug-likeness (QED) is 0.346. The third kappa shape index (κ3) is 5.23. The highest BCUT2D eigenvalue weighted by atomic mass is 32.2. The molecule has 2 aromatic rings. The van der Waals surface area contributed by atoms with Crippen molar-refractivity contribution in [3.63, 3.8) is 0 Å². The van der Waals surface area contributed by atoms with E-state index in [1.54, 1.807) is 53.4 Å². The first-order valence-corrected chi connectivity index (χ1v) is 11.2. The lowest BCUT2D eigenvalue weighted by Crippen LogP contribution is -2.40. The molecule has 33 heavy (non-hydrogen) atoms. The van der Waals surface area contributed by atoms with Gasteiger partial charge in [-0.25, -0.2) is 0 Å². The fourth-order valence-electron chi connectivity index (χ4n) is 3.62. The molecular formula is C23H21N3O6S. The smallest absolute Gasteiger partial charge is 0.294 e. The molecule has 10 heteroatoms. The van der Waals surface area contributed by atoms with Gasteiger partial charge in [0.2, 0.25) is 5.91 Å². The molecule has 0 aromatic heterocycles. The van der Waals surface area contributed by atoms with Gasteiger partial charge in [0.25, 0.3) is 16.8 Å². The molecule has 0 atom stereocenters. The summed E-state index contributed by atoms with van der Waals surface area (Å²) in [4.78, 5) is 50.8. The maximum absolute atomic E-state index is 12.6. The van der Waals surface area contributed by atoms with E-state index in [0.717, 1.165) is 29.5 Å². The number of hydrogen-bond donors (Lipinski definition) is 0. The number of nitro groups is 1. The Morgan fingerprint density at radius 3 is 2.48 bits per heavy atom. The number of carbonyl (C=O) groups is 3. The first-order valence-electron chi connectivity index (χ1n) is 10.4. The molecule has 2 aliphatic rings. The Balaban J connectivity index is 1.38. The maximum Gasteiger partial charge on any atom is 0.294 e. The number of likely N-dealkylation sites (tertiary alicyclic amines) is 1. The van der Waals surface area contributed by atoms with Crippen LogP contribution in [0.4, 0.5) is 10.5 Å². The Kier molecular flexibility index (Phi) is 6.74. The van der Waals surface area contributed by atoms with Gasteiger partial charge < -0.3 is 9.64 Å². The van der Waals surface area contributed by atoms with E-state index in [2.05, 4.69) is 0 Å². The zero-order chi connectivity index (χ0) is 23.4. The van der Waals surface area contributed by atoms with E-state index in [4.69, 9.17) is 4.74 Å². The molecule has 0 N–H and O–H groups in total. The van der Waals surface area contributed by atoms with Crippen LogP contribution in [-0.4, -0.2) is 51.4 Å². The van der Waals surface area contributed by atoms with Crippen molar-refractivity contribution in [2.75, 3.05) is 19.6 Å². The monoisotopic (exact) mass is 467 g/mol.